The minimum atomic E-state index is 0.504. The van der Waals surface area contributed by atoms with Gasteiger partial charge >= 0.3 is 0 Å². The van der Waals surface area contributed by atoms with Crippen LogP contribution in [0.2, 0.25) is 0 Å². The average molecular weight is 168 g/mol. The Labute approximate surface area is 75.1 Å². The van der Waals surface area contributed by atoms with Crippen LogP contribution in [0.15, 0.2) is 0 Å². The van der Waals surface area contributed by atoms with Gasteiger partial charge in [-0.25, -0.2) is 0 Å². The van der Waals surface area contributed by atoms with Crippen molar-refractivity contribution in [3.8, 4) is 0 Å². The van der Waals surface area contributed by atoms with Crippen molar-refractivity contribution in [2.24, 2.45) is 5.73 Å². The average Bonchev–Trinajstić information content (AvgIpc) is 2.01. The zero-order valence-corrected chi connectivity index (χ0v) is 8.00. The van der Waals surface area contributed by atoms with Crippen molar-refractivity contribution in [1.29, 1.82) is 0 Å². The van der Waals surface area contributed by atoms with E-state index in [2.05, 4.69) is 11.8 Å². The van der Waals surface area contributed by atoms with Gasteiger partial charge in [-0.2, -0.15) is 0 Å². The summed E-state index contributed by atoms with van der Waals surface area (Å²) in [4.78, 5) is 2.67. The minimum absolute atomic E-state index is 0.504. The van der Waals surface area contributed by atoms with Crippen molar-refractivity contribution < 1.29 is 0 Å². The third-order valence-electron chi connectivity index (χ3n) is 3.47. The van der Waals surface area contributed by atoms with Crippen LogP contribution in [0.25, 0.3) is 0 Å². The molecule has 0 spiro atoms. The molecular formula is C10H20N2. The lowest BCUT2D eigenvalue weighted by atomic mass is 9.84. The van der Waals surface area contributed by atoms with Crippen LogP contribution in [0.1, 0.15) is 39.0 Å². The predicted molar refractivity (Wildman–Crippen MR) is 51.0 cm³/mol. The molecule has 0 amide bonds. The number of piperidine rings is 1. The SMILES string of the molecule is CC1CCCCN1C1CC(N)C1. The third kappa shape index (κ3) is 1.50. The van der Waals surface area contributed by atoms with Gasteiger partial charge in [-0.05, 0) is 39.2 Å². The van der Waals surface area contributed by atoms with Crippen molar-refractivity contribution in [2.75, 3.05) is 6.54 Å². The second kappa shape index (κ2) is 3.35. The first-order valence-corrected chi connectivity index (χ1v) is 5.28. The largest absolute Gasteiger partial charge is 0.328 e. The maximum Gasteiger partial charge on any atom is 0.0127 e. The molecule has 0 aromatic heterocycles. The van der Waals surface area contributed by atoms with E-state index in [0.717, 1.165) is 12.1 Å². The van der Waals surface area contributed by atoms with E-state index >= 15 is 0 Å². The molecule has 2 nitrogen and oxygen atoms in total. The van der Waals surface area contributed by atoms with Gasteiger partial charge in [0.15, 0.2) is 0 Å². The fourth-order valence-electron chi connectivity index (χ4n) is 2.56. The molecule has 70 valence electrons. The van der Waals surface area contributed by atoms with Gasteiger partial charge in [0.1, 0.15) is 0 Å². The molecule has 1 atom stereocenters. The van der Waals surface area contributed by atoms with Gasteiger partial charge in [-0.3, -0.25) is 4.90 Å². The fraction of sp³-hybridized carbons (Fsp3) is 1.00. The van der Waals surface area contributed by atoms with Gasteiger partial charge < -0.3 is 5.73 Å². The Morgan fingerprint density at radius 2 is 2.00 bits per heavy atom. The Morgan fingerprint density at radius 3 is 2.58 bits per heavy atom. The molecule has 0 radical (unpaired) electrons. The number of likely N-dealkylation sites (tertiary alicyclic amines) is 1. The highest BCUT2D eigenvalue weighted by atomic mass is 15.2. The summed E-state index contributed by atoms with van der Waals surface area (Å²) >= 11 is 0. The lowest BCUT2D eigenvalue weighted by molar-refractivity contribution is 0.0496. The molecule has 0 bridgehead atoms. The lowest BCUT2D eigenvalue weighted by Gasteiger charge is -2.46. The van der Waals surface area contributed by atoms with Crippen LogP contribution in [-0.4, -0.2) is 29.6 Å². The first-order chi connectivity index (χ1) is 5.77. The molecule has 12 heavy (non-hydrogen) atoms. The topological polar surface area (TPSA) is 29.3 Å². The maximum atomic E-state index is 5.79. The van der Waals surface area contributed by atoms with Crippen LogP contribution in [0.3, 0.4) is 0 Å². The normalized spacial score (nSPS) is 44.0. The van der Waals surface area contributed by atoms with E-state index in [4.69, 9.17) is 5.73 Å². The summed E-state index contributed by atoms with van der Waals surface area (Å²) in [5.74, 6) is 0. The Morgan fingerprint density at radius 1 is 1.25 bits per heavy atom. The second-order valence-corrected chi connectivity index (χ2v) is 4.47. The maximum absolute atomic E-state index is 5.79. The van der Waals surface area contributed by atoms with Gasteiger partial charge in [-0.1, -0.05) is 6.42 Å². The molecule has 1 unspecified atom stereocenters. The summed E-state index contributed by atoms with van der Waals surface area (Å²) in [7, 11) is 0. The van der Waals surface area contributed by atoms with Gasteiger partial charge in [0.2, 0.25) is 0 Å². The van der Waals surface area contributed by atoms with Crippen molar-refractivity contribution in [3.05, 3.63) is 0 Å². The number of hydrogen-bond acceptors (Lipinski definition) is 2. The van der Waals surface area contributed by atoms with Crippen LogP contribution >= 0.6 is 0 Å². The third-order valence-corrected chi connectivity index (χ3v) is 3.47. The molecule has 2 aliphatic rings. The van der Waals surface area contributed by atoms with Gasteiger partial charge in [-0.15, -0.1) is 0 Å². The van der Waals surface area contributed by atoms with E-state index in [9.17, 15) is 0 Å². The molecule has 2 fully saturated rings. The Balaban J connectivity index is 1.85. The quantitative estimate of drug-likeness (QED) is 0.640. The zero-order chi connectivity index (χ0) is 8.55. The molecule has 1 aliphatic carbocycles. The highest BCUT2D eigenvalue weighted by Gasteiger charge is 2.34. The molecule has 1 saturated heterocycles. The highest BCUT2D eigenvalue weighted by molar-refractivity contribution is 4.92. The summed E-state index contributed by atoms with van der Waals surface area (Å²) < 4.78 is 0. The summed E-state index contributed by atoms with van der Waals surface area (Å²) in [6.07, 6.45) is 6.70. The van der Waals surface area contributed by atoms with Crippen molar-refractivity contribution in [2.45, 2.75) is 57.2 Å². The van der Waals surface area contributed by atoms with Gasteiger partial charge in [0, 0.05) is 18.1 Å². The zero-order valence-electron chi connectivity index (χ0n) is 8.00. The molecule has 2 heteroatoms. The molecule has 2 N–H and O–H groups in total. The predicted octanol–water partition coefficient (Wildman–Crippen LogP) is 1.35. The van der Waals surface area contributed by atoms with Gasteiger partial charge in [0.25, 0.3) is 0 Å². The number of hydrogen-bond donors (Lipinski definition) is 1. The van der Waals surface area contributed by atoms with Crippen molar-refractivity contribution >= 4 is 0 Å². The molecule has 1 aliphatic heterocycles. The van der Waals surface area contributed by atoms with Crippen molar-refractivity contribution in [3.63, 3.8) is 0 Å². The molecule has 0 aromatic rings. The van der Waals surface area contributed by atoms with Crippen molar-refractivity contribution in [1.82, 2.24) is 4.90 Å². The Hall–Kier alpha value is -0.0800. The van der Waals surface area contributed by atoms with E-state index in [-0.39, 0.29) is 0 Å². The van der Waals surface area contributed by atoms with Crippen LogP contribution in [-0.2, 0) is 0 Å². The summed E-state index contributed by atoms with van der Waals surface area (Å²) in [5.41, 5.74) is 5.79. The molecule has 1 heterocycles. The van der Waals surface area contributed by atoms with Crippen LogP contribution < -0.4 is 5.73 Å². The lowest BCUT2D eigenvalue weighted by Crippen LogP contribution is -2.54. The van der Waals surface area contributed by atoms with E-state index < -0.39 is 0 Å². The van der Waals surface area contributed by atoms with Crippen LogP contribution in [0, 0.1) is 0 Å². The smallest absolute Gasteiger partial charge is 0.0127 e. The second-order valence-electron chi connectivity index (χ2n) is 4.47. The van der Waals surface area contributed by atoms with E-state index in [0.29, 0.717) is 6.04 Å². The Kier molecular flexibility index (Phi) is 2.37. The molecule has 0 aromatic carbocycles. The minimum Gasteiger partial charge on any atom is -0.328 e. The monoisotopic (exact) mass is 168 g/mol. The van der Waals surface area contributed by atoms with Crippen LogP contribution in [0.4, 0.5) is 0 Å². The van der Waals surface area contributed by atoms with E-state index in [1.165, 1.54) is 38.6 Å². The fourth-order valence-corrected chi connectivity index (χ4v) is 2.56. The number of rotatable bonds is 1. The van der Waals surface area contributed by atoms with E-state index in [1.807, 2.05) is 0 Å². The first-order valence-electron chi connectivity index (χ1n) is 5.28. The first kappa shape index (κ1) is 8.52. The van der Waals surface area contributed by atoms with Gasteiger partial charge in [0.05, 0.1) is 0 Å². The molecule has 1 saturated carbocycles. The number of nitrogens with zero attached hydrogens (tertiary/aromatic N) is 1. The molecule has 2 rings (SSSR count). The highest BCUT2D eigenvalue weighted by Crippen LogP contribution is 2.29. The summed E-state index contributed by atoms with van der Waals surface area (Å²) in [6.45, 7) is 3.68. The summed E-state index contributed by atoms with van der Waals surface area (Å²) in [5, 5.41) is 0. The summed E-state index contributed by atoms with van der Waals surface area (Å²) in [6, 6.07) is 2.15. The Bertz CT molecular complexity index is 152. The molecular weight excluding hydrogens is 148 g/mol. The van der Waals surface area contributed by atoms with E-state index in [1.54, 1.807) is 0 Å². The standard InChI is InChI=1S/C10H20N2/c1-8-4-2-3-5-12(8)10-6-9(11)7-10/h8-10H,2-7,11H2,1H3. The number of nitrogens with two attached hydrogens (primary N) is 1. The van der Waals surface area contributed by atoms with Crippen LogP contribution in [0.5, 0.6) is 0 Å².